The summed E-state index contributed by atoms with van der Waals surface area (Å²) >= 11 is 0. The van der Waals surface area contributed by atoms with Crippen molar-refractivity contribution in [2.45, 2.75) is 123 Å². The van der Waals surface area contributed by atoms with Gasteiger partial charge < -0.3 is 25.5 Å². The number of hydrogen-bond acceptors (Lipinski definition) is 7. The van der Waals surface area contributed by atoms with Crippen molar-refractivity contribution in [1.29, 1.82) is 0 Å². The molecule has 4 atom stereocenters. The molecule has 4 unspecified atom stereocenters. The highest BCUT2D eigenvalue weighted by Crippen LogP contribution is 2.11. The Hall–Kier alpha value is -2.91. The zero-order valence-electron chi connectivity index (χ0n) is 23.0. The van der Waals surface area contributed by atoms with Gasteiger partial charge in [-0.2, -0.15) is 0 Å². The number of aldehydes is 1. The molecule has 37 heavy (non-hydrogen) atoms. The maximum absolute atomic E-state index is 12.7. The molecule has 0 aromatic rings. The summed E-state index contributed by atoms with van der Waals surface area (Å²) < 4.78 is 0. The van der Waals surface area contributed by atoms with E-state index in [0.29, 0.717) is 6.42 Å². The Balaban J connectivity index is 5.12. The molecule has 0 radical (unpaired) electrons. The molecule has 0 bridgehead atoms. The van der Waals surface area contributed by atoms with E-state index in [2.05, 4.69) is 22.9 Å². The van der Waals surface area contributed by atoms with E-state index in [1.54, 1.807) is 6.92 Å². The van der Waals surface area contributed by atoms with Crippen LogP contribution in [-0.2, 0) is 33.6 Å². The van der Waals surface area contributed by atoms with Crippen LogP contribution in [0.5, 0.6) is 0 Å². The Labute approximate surface area is 220 Å². The second-order valence-electron chi connectivity index (χ2n) is 10.1. The van der Waals surface area contributed by atoms with Crippen LogP contribution < -0.4 is 16.0 Å². The number of ketones is 3. The summed E-state index contributed by atoms with van der Waals surface area (Å²) in [5.74, 6) is -1.86. The number of Topliss-reactive ketones (excluding diaryl/α,β-unsaturated/α-hetero) is 3. The lowest BCUT2D eigenvalue weighted by atomic mass is 10.00. The van der Waals surface area contributed by atoms with Gasteiger partial charge in [0.05, 0.1) is 0 Å². The first-order chi connectivity index (χ1) is 17.4. The predicted octanol–water partition coefficient (Wildman–Crippen LogP) is 2.35. The molecule has 0 aromatic carbocycles. The van der Waals surface area contributed by atoms with E-state index in [1.165, 1.54) is 20.8 Å². The lowest BCUT2D eigenvalue weighted by molar-refractivity contribution is -0.125. The molecular weight excluding hydrogens is 478 g/mol. The van der Waals surface area contributed by atoms with E-state index >= 15 is 0 Å². The Morgan fingerprint density at radius 2 is 1.05 bits per heavy atom. The number of rotatable bonds is 21. The number of hydrogen-bond donors (Lipinski definition) is 3. The minimum Gasteiger partial charge on any atom is -0.353 e. The molecule has 0 rings (SSSR count). The quantitative estimate of drug-likeness (QED) is 0.154. The number of carbonyl (C=O) groups is 7. The van der Waals surface area contributed by atoms with Crippen LogP contribution in [0.1, 0.15) is 105 Å². The Morgan fingerprint density at radius 3 is 1.46 bits per heavy atom. The molecule has 10 nitrogen and oxygen atoms in total. The fourth-order valence-electron chi connectivity index (χ4n) is 4.24. The molecule has 0 spiro atoms. The van der Waals surface area contributed by atoms with Crippen molar-refractivity contribution in [1.82, 2.24) is 16.0 Å². The molecule has 0 fully saturated rings. The van der Waals surface area contributed by atoms with Gasteiger partial charge in [0.15, 0.2) is 0 Å². The molecule has 210 valence electrons. The third-order valence-corrected chi connectivity index (χ3v) is 5.73. The van der Waals surface area contributed by atoms with Crippen LogP contribution in [0.4, 0.5) is 0 Å². The van der Waals surface area contributed by atoms with Crippen molar-refractivity contribution in [3.63, 3.8) is 0 Å². The highest BCUT2D eigenvalue weighted by atomic mass is 16.2. The van der Waals surface area contributed by atoms with Crippen molar-refractivity contribution >= 4 is 41.4 Å². The highest BCUT2D eigenvalue weighted by molar-refractivity contribution is 5.85. The monoisotopic (exact) mass is 523 g/mol. The average Bonchev–Trinajstić information content (AvgIpc) is 2.71. The van der Waals surface area contributed by atoms with Crippen molar-refractivity contribution in [3.05, 3.63) is 0 Å². The Morgan fingerprint density at radius 1 is 0.622 bits per heavy atom. The molecule has 0 heterocycles. The van der Waals surface area contributed by atoms with Crippen LogP contribution in [0.15, 0.2) is 0 Å². The van der Waals surface area contributed by atoms with Crippen molar-refractivity contribution in [2.75, 3.05) is 0 Å². The zero-order chi connectivity index (χ0) is 28.4. The summed E-state index contributed by atoms with van der Waals surface area (Å²) in [7, 11) is 0. The predicted molar refractivity (Wildman–Crippen MR) is 140 cm³/mol. The van der Waals surface area contributed by atoms with E-state index in [-0.39, 0.29) is 86.1 Å². The summed E-state index contributed by atoms with van der Waals surface area (Å²) in [4.78, 5) is 83.4. The number of nitrogens with one attached hydrogen (secondary N) is 3. The summed E-state index contributed by atoms with van der Waals surface area (Å²) in [6, 6.07) is -1.82. The van der Waals surface area contributed by atoms with E-state index in [0.717, 1.165) is 25.5 Å². The van der Waals surface area contributed by atoms with Crippen LogP contribution in [0.3, 0.4) is 0 Å². The smallest absolute Gasteiger partial charge is 0.222 e. The second-order valence-corrected chi connectivity index (χ2v) is 10.1. The van der Waals surface area contributed by atoms with Crippen LogP contribution in [-0.4, -0.2) is 59.5 Å². The van der Waals surface area contributed by atoms with E-state index in [9.17, 15) is 33.6 Å². The van der Waals surface area contributed by atoms with Gasteiger partial charge in [-0.05, 0) is 33.1 Å². The molecular formula is C27H45N3O7. The summed E-state index contributed by atoms with van der Waals surface area (Å²) in [6.45, 7) is 7.99. The molecule has 0 aromatic heterocycles. The summed E-state index contributed by atoms with van der Waals surface area (Å²) in [5.41, 5.74) is 0. The first kappa shape index (κ1) is 34.1. The molecule has 0 aliphatic carbocycles. The molecule has 0 aliphatic rings. The lowest BCUT2D eigenvalue weighted by Crippen LogP contribution is -2.45. The first-order valence-corrected chi connectivity index (χ1v) is 13.2. The third kappa shape index (κ3) is 18.9. The SMILES string of the molecule is CCCCCC(CC=O)NC(=O)CC(CC(C)=O)NC(=O)CC(CC(C)=O)NC(=O)CC(C)CC(C)=O. The molecule has 0 aliphatic heterocycles. The fourth-order valence-corrected chi connectivity index (χ4v) is 4.24. The molecule has 10 heteroatoms. The second kappa shape index (κ2) is 19.2. The van der Waals surface area contributed by atoms with Crippen LogP contribution >= 0.6 is 0 Å². The van der Waals surface area contributed by atoms with Crippen LogP contribution in [0.25, 0.3) is 0 Å². The normalized spacial score (nSPS) is 14.0. The van der Waals surface area contributed by atoms with Crippen LogP contribution in [0, 0.1) is 5.92 Å². The lowest BCUT2D eigenvalue weighted by Gasteiger charge is -2.22. The summed E-state index contributed by atoms with van der Waals surface area (Å²) in [5, 5.41) is 8.19. The van der Waals surface area contributed by atoms with Gasteiger partial charge in [0.25, 0.3) is 0 Å². The van der Waals surface area contributed by atoms with Crippen molar-refractivity contribution in [3.8, 4) is 0 Å². The van der Waals surface area contributed by atoms with Crippen LogP contribution in [0.2, 0.25) is 0 Å². The van der Waals surface area contributed by atoms with Gasteiger partial charge in [-0.1, -0.05) is 33.1 Å². The Kier molecular flexibility index (Phi) is 17.7. The largest absolute Gasteiger partial charge is 0.353 e. The maximum atomic E-state index is 12.7. The molecule has 0 saturated carbocycles. The Bertz CT molecular complexity index is 797. The van der Waals surface area contributed by atoms with Gasteiger partial charge in [-0.25, -0.2) is 0 Å². The standard InChI is InChI=1S/C27H45N3O7/c1-6-7-8-9-22(10-11-31)28-26(36)16-24(15-21(5)34)30-27(37)17-23(14-20(4)33)29-25(35)13-18(2)12-19(3)32/h11,18,22-24H,6-10,12-17H2,1-5H3,(H,28,36)(H,29,35)(H,30,37). The number of carbonyl (C=O) groups excluding carboxylic acids is 7. The van der Waals surface area contributed by atoms with Gasteiger partial charge in [-0.3, -0.25) is 24.0 Å². The topological polar surface area (TPSA) is 156 Å². The van der Waals surface area contributed by atoms with Gasteiger partial charge in [0, 0.05) is 63.1 Å². The maximum Gasteiger partial charge on any atom is 0.222 e. The summed E-state index contributed by atoms with van der Waals surface area (Å²) in [6.07, 6.45) is 4.39. The van der Waals surface area contributed by atoms with Crippen molar-refractivity contribution < 1.29 is 33.6 Å². The molecule has 3 N–H and O–H groups in total. The van der Waals surface area contributed by atoms with E-state index in [4.69, 9.17) is 0 Å². The average molecular weight is 524 g/mol. The van der Waals surface area contributed by atoms with Crippen molar-refractivity contribution in [2.24, 2.45) is 5.92 Å². The number of unbranched alkanes of at least 4 members (excludes halogenated alkanes) is 2. The molecule has 3 amide bonds. The third-order valence-electron chi connectivity index (χ3n) is 5.73. The van der Waals surface area contributed by atoms with E-state index in [1.807, 2.05) is 0 Å². The van der Waals surface area contributed by atoms with Gasteiger partial charge >= 0.3 is 0 Å². The van der Waals surface area contributed by atoms with E-state index < -0.39 is 18.0 Å². The minimum absolute atomic E-state index is 0.0287. The molecule has 0 saturated heterocycles. The van der Waals surface area contributed by atoms with Gasteiger partial charge in [-0.15, -0.1) is 0 Å². The zero-order valence-corrected chi connectivity index (χ0v) is 23.0. The van der Waals surface area contributed by atoms with Gasteiger partial charge in [0.1, 0.15) is 23.6 Å². The van der Waals surface area contributed by atoms with Gasteiger partial charge in [0.2, 0.25) is 17.7 Å². The number of amides is 3. The highest BCUT2D eigenvalue weighted by Gasteiger charge is 2.24. The first-order valence-electron chi connectivity index (χ1n) is 13.2. The minimum atomic E-state index is -0.762. The fraction of sp³-hybridized carbons (Fsp3) is 0.741.